The van der Waals surface area contributed by atoms with Gasteiger partial charge in [0.05, 0.1) is 17.5 Å². The third-order valence-corrected chi connectivity index (χ3v) is 5.64. The number of hydrogen-bond donors (Lipinski definition) is 1. The molecule has 0 unspecified atom stereocenters. The molecule has 152 valence electrons. The van der Waals surface area contributed by atoms with Gasteiger partial charge >= 0.3 is 0 Å². The molecule has 0 bridgehead atoms. The summed E-state index contributed by atoms with van der Waals surface area (Å²) in [5.41, 5.74) is 1.33. The van der Waals surface area contributed by atoms with Crippen molar-refractivity contribution >= 4 is 29.2 Å². The van der Waals surface area contributed by atoms with Crippen LogP contribution in [0.5, 0.6) is 0 Å². The van der Waals surface area contributed by atoms with Crippen LogP contribution in [0.3, 0.4) is 0 Å². The Morgan fingerprint density at radius 1 is 0.867 bits per heavy atom. The van der Waals surface area contributed by atoms with Crippen molar-refractivity contribution in [3.05, 3.63) is 77.9 Å². The summed E-state index contributed by atoms with van der Waals surface area (Å²) in [5, 5.41) is 2.76. The molecule has 1 N–H and O–H groups in total. The molecule has 30 heavy (non-hydrogen) atoms. The molecule has 1 heterocycles. The van der Waals surface area contributed by atoms with Crippen LogP contribution < -0.4 is 5.32 Å². The molecule has 0 radical (unpaired) electrons. The van der Waals surface area contributed by atoms with Gasteiger partial charge in [-0.25, -0.2) is 0 Å². The lowest BCUT2D eigenvalue weighted by Gasteiger charge is -2.15. The van der Waals surface area contributed by atoms with Crippen LogP contribution in [-0.4, -0.2) is 34.9 Å². The number of nitrogens with zero attached hydrogens (tertiary/aromatic N) is 1. The first-order chi connectivity index (χ1) is 14.6. The molecule has 1 saturated heterocycles. The van der Waals surface area contributed by atoms with Gasteiger partial charge in [0, 0.05) is 24.1 Å². The van der Waals surface area contributed by atoms with E-state index < -0.39 is 0 Å². The number of benzene rings is 2. The summed E-state index contributed by atoms with van der Waals surface area (Å²) in [6.45, 7) is 0.0469. The van der Waals surface area contributed by atoms with Gasteiger partial charge in [0.25, 0.3) is 0 Å². The Labute approximate surface area is 174 Å². The largest absolute Gasteiger partial charge is 0.325 e. The minimum atomic E-state index is -0.350. The second-order valence-electron chi connectivity index (χ2n) is 7.52. The first-order valence-electron chi connectivity index (χ1n) is 10.0. The third-order valence-electron chi connectivity index (χ3n) is 5.64. The van der Waals surface area contributed by atoms with E-state index in [0.717, 1.165) is 0 Å². The fraction of sp³-hybridized carbons (Fsp3) is 0.250. The molecule has 6 nitrogen and oxygen atoms in total. The topological polar surface area (TPSA) is 83.6 Å². The lowest BCUT2D eigenvalue weighted by atomic mass is 9.85. The fourth-order valence-electron chi connectivity index (χ4n) is 4.05. The Hall–Kier alpha value is -3.54. The fourth-order valence-corrected chi connectivity index (χ4v) is 4.05. The predicted octanol–water partition coefficient (Wildman–Crippen LogP) is 3.20. The number of nitrogens with one attached hydrogen (secondary N) is 1. The molecule has 2 aliphatic rings. The second kappa shape index (κ2) is 8.45. The van der Waals surface area contributed by atoms with Crippen molar-refractivity contribution in [2.75, 3.05) is 11.9 Å². The van der Waals surface area contributed by atoms with Gasteiger partial charge in [0.15, 0.2) is 5.78 Å². The first-order valence-corrected chi connectivity index (χ1v) is 10.0. The lowest BCUT2D eigenvalue weighted by Crippen LogP contribution is -2.34. The van der Waals surface area contributed by atoms with Crippen molar-refractivity contribution in [1.82, 2.24) is 4.90 Å². The molecule has 4 rings (SSSR count). The van der Waals surface area contributed by atoms with Crippen molar-refractivity contribution in [2.45, 2.75) is 19.3 Å². The zero-order chi connectivity index (χ0) is 21.1. The molecule has 0 aromatic heterocycles. The number of rotatable bonds is 6. The zero-order valence-corrected chi connectivity index (χ0v) is 16.4. The van der Waals surface area contributed by atoms with E-state index in [2.05, 4.69) is 5.32 Å². The minimum absolute atomic E-state index is 0.0157. The van der Waals surface area contributed by atoms with Crippen molar-refractivity contribution in [1.29, 1.82) is 0 Å². The van der Waals surface area contributed by atoms with Crippen LogP contribution in [-0.2, 0) is 14.4 Å². The Bertz CT molecular complexity index is 1000. The van der Waals surface area contributed by atoms with Crippen LogP contribution in [0, 0.1) is 11.8 Å². The zero-order valence-electron chi connectivity index (χ0n) is 16.4. The van der Waals surface area contributed by atoms with Crippen LogP contribution in [0.4, 0.5) is 5.69 Å². The number of imide groups is 1. The molecule has 0 saturated carbocycles. The molecule has 1 aliphatic carbocycles. The molecule has 2 atom stereocenters. The number of allylic oxidation sites excluding steroid dienone is 2. The van der Waals surface area contributed by atoms with Crippen LogP contribution >= 0.6 is 0 Å². The highest BCUT2D eigenvalue weighted by Gasteiger charge is 2.46. The highest BCUT2D eigenvalue weighted by molar-refractivity contribution is 6.14. The van der Waals surface area contributed by atoms with Crippen LogP contribution in [0.15, 0.2) is 66.7 Å². The Morgan fingerprint density at radius 2 is 1.47 bits per heavy atom. The molecule has 2 aromatic rings. The van der Waals surface area contributed by atoms with E-state index in [1.165, 1.54) is 4.90 Å². The van der Waals surface area contributed by atoms with E-state index in [4.69, 9.17) is 0 Å². The molecule has 0 spiro atoms. The quantitative estimate of drug-likeness (QED) is 0.457. The van der Waals surface area contributed by atoms with Gasteiger partial charge in [-0.3, -0.25) is 24.1 Å². The van der Waals surface area contributed by atoms with Crippen LogP contribution in [0.2, 0.25) is 0 Å². The van der Waals surface area contributed by atoms with E-state index in [1.54, 1.807) is 48.5 Å². The van der Waals surface area contributed by atoms with Gasteiger partial charge in [-0.05, 0) is 25.0 Å². The number of ketones is 1. The summed E-state index contributed by atoms with van der Waals surface area (Å²) < 4.78 is 0. The SMILES string of the molecule is O=C(CCN1C(=O)[C@H]2CC=CC[C@H]2C1=O)Nc1ccccc1C(=O)c1ccccc1. The average Bonchev–Trinajstić information content (AvgIpc) is 3.03. The molecule has 2 aromatic carbocycles. The summed E-state index contributed by atoms with van der Waals surface area (Å²) >= 11 is 0. The van der Waals surface area contributed by atoms with Crippen molar-refractivity contribution in [3.8, 4) is 0 Å². The molecule has 1 fully saturated rings. The highest BCUT2D eigenvalue weighted by atomic mass is 16.2. The number of likely N-dealkylation sites (tertiary alicyclic amines) is 1. The van der Waals surface area contributed by atoms with Crippen molar-refractivity contribution in [2.24, 2.45) is 11.8 Å². The normalized spacial score (nSPS) is 20.2. The number of anilines is 1. The highest BCUT2D eigenvalue weighted by Crippen LogP contribution is 2.35. The minimum Gasteiger partial charge on any atom is -0.325 e. The van der Waals surface area contributed by atoms with Crippen LogP contribution in [0.1, 0.15) is 35.2 Å². The number of carbonyl (C=O) groups is 4. The van der Waals surface area contributed by atoms with E-state index >= 15 is 0 Å². The molecule has 1 aliphatic heterocycles. The summed E-state index contributed by atoms with van der Waals surface area (Å²) in [6, 6.07) is 15.6. The summed E-state index contributed by atoms with van der Waals surface area (Å²) in [4.78, 5) is 51.6. The Kier molecular flexibility index (Phi) is 5.57. The van der Waals surface area contributed by atoms with Gasteiger partial charge in [0.2, 0.25) is 17.7 Å². The third kappa shape index (κ3) is 3.81. The average molecular weight is 402 g/mol. The molecule has 3 amide bonds. The maximum Gasteiger partial charge on any atom is 0.233 e. The van der Waals surface area contributed by atoms with E-state index in [1.807, 2.05) is 18.2 Å². The van der Waals surface area contributed by atoms with Crippen molar-refractivity contribution in [3.63, 3.8) is 0 Å². The van der Waals surface area contributed by atoms with Gasteiger partial charge in [-0.2, -0.15) is 0 Å². The number of amides is 3. The van der Waals surface area contributed by atoms with Gasteiger partial charge in [-0.15, -0.1) is 0 Å². The lowest BCUT2D eigenvalue weighted by molar-refractivity contribution is -0.140. The first kappa shape index (κ1) is 19.8. The Morgan fingerprint density at radius 3 is 2.13 bits per heavy atom. The van der Waals surface area contributed by atoms with Crippen LogP contribution in [0.25, 0.3) is 0 Å². The maximum atomic E-state index is 12.8. The molecule has 6 heteroatoms. The Balaban J connectivity index is 1.41. The maximum absolute atomic E-state index is 12.8. The predicted molar refractivity (Wildman–Crippen MR) is 112 cm³/mol. The van der Waals surface area contributed by atoms with Gasteiger partial charge in [0.1, 0.15) is 0 Å². The standard InChI is InChI=1S/C24H22N2O4/c27-21(14-15-26-23(29)17-10-4-5-11-18(17)24(26)30)25-20-13-7-6-12-19(20)22(28)16-8-2-1-3-9-16/h1-9,12-13,17-18H,10-11,14-15H2,(H,25,27)/t17-,18+. The van der Waals surface area contributed by atoms with E-state index in [9.17, 15) is 19.2 Å². The summed E-state index contributed by atoms with van der Waals surface area (Å²) in [6.07, 6.45) is 5.00. The number of carbonyl (C=O) groups excluding carboxylic acids is 4. The number of hydrogen-bond acceptors (Lipinski definition) is 4. The number of fused-ring (bicyclic) bond motifs is 1. The van der Waals surface area contributed by atoms with Gasteiger partial charge in [-0.1, -0.05) is 54.6 Å². The smallest absolute Gasteiger partial charge is 0.233 e. The molecular weight excluding hydrogens is 380 g/mol. The monoisotopic (exact) mass is 402 g/mol. The molecular formula is C24H22N2O4. The van der Waals surface area contributed by atoms with E-state index in [0.29, 0.717) is 29.7 Å². The van der Waals surface area contributed by atoms with Gasteiger partial charge < -0.3 is 5.32 Å². The van der Waals surface area contributed by atoms with Crippen molar-refractivity contribution < 1.29 is 19.2 Å². The summed E-state index contributed by atoms with van der Waals surface area (Å²) in [5.74, 6) is -1.52. The second-order valence-corrected chi connectivity index (χ2v) is 7.52. The summed E-state index contributed by atoms with van der Waals surface area (Å²) in [7, 11) is 0. The van der Waals surface area contributed by atoms with E-state index in [-0.39, 0.29) is 48.3 Å². The number of para-hydroxylation sites is 1.